The van der Waals surface area contributed by atoms with Gasteiger partial charge in [0.25, 0.3) is 0 Å². The lowest BCUT2D eigenvalue weighted by Gasteiger charge is -2.05. The van der Waals surface area contributed by atoms with Crippen LogP contribution >= 0.6 is 0 Å². The molecule has 0 atom stereocenters. The van der Waals surface area contributed by atoms with Crippen molar-refractivity contribution in [2.45, 2.75) is 0 Å². The minimum Gasteiger partial charge on any atom is -0.297 e. The molecule has 0 saturated carbocycles. The molecule has 1 aromatic heterocycles. The van der Waals surface area contributed by atoms with E-state index in [1.54, 1.807) is 0 Å². The Labute approximate surface area is 115 Å². The van der Waals surface area contributed by atoms with Gasteiger partial charge >= 0.3 is 6.01 Å². The van der Waals surface area contributed by atoms with E-state index in [4.69, 9.17) is 5.26 Å². The van der Waals surface area contributed by atoms with Crippen LogP contribution in [-0.4, -0.2) is 20.2 Å². The van der Waals surface area contributed by atoms with Crippen molar-refractivity contribution in [2.24, 2.45) is 0 Å². The predicted octanol–water partition coefficient (Wildman–Crippen LogP) is 3.06. The number of rotatable bonds is 3. The van der Waals surface area contributed by atoms with Crippen molar-refractivity contribution >= 4 is 0 Å². The van der Waals surface area contributed by atoms with Gasteiger partial charge in [-0.25, -0.2) is 4.98 Å². The van der Waals surface area contributed by atoms with Crippen molar-refractivity contribution in [3.63, 3.8) is 0 Å². The molecule has 0 aliphatic heterocycles. The molecule has 2 aromatic carbocycles. The van der Waals surface area contributed by atoms with Crippen LogP contribution in [0.1, 0.15) is 0 Å². The topological polar surface area (TPSA) is 68.1 Å². The number of hydrogen-bond acceptors (Lipinski definition) is 5. The van der Waals surface area contributed by atoms with Crippen LogP contribution in [0.2, 0.25) is 0 Å². The van der Waals surface area contributed by atoms with Crippen molar-refractivity contribution in [3.05, 3.63) is 60.7 Å². The van der Waals surface area contributed by atoms with Gasteiger partial charge in [-0.1, -0.05) is 60.7 Å². The van der Waals surface area contributed by atoms with E-state index in [0.29, 0.717) is 11.6 Å². The first-order valence-electron chi connectivity index (χ1n) is 6.05. The van der Waals surface area contributed by atoms with E-state index < -0.39 is 0 Å². The summed E-state index contributed by atoms with van der Waals surface area (Å²) in [6.45, 7) is 0. The van der Waals surface area contributed by atoms with Gasteiger partial charge in [0.1, 0.15) is 0 Å². The summed E-state index contributed by atoms with van der Waals surface area (Å²) in [6.07, 6.45) is 0. The Morgan fingerprint density at radius 2 is 1.10 bits per heavy atom. The lowest BCUT2D eigenvalue weighted by Crippen LogP contribution is -2.00. The van der Waals surface area contributed by atoms with E-state index in [9.17, 15) is 0 Å². The van der Waals surface area contributed by atoms with Crippen LogP contribution < -0.4 is 4.89 Å². The third kappa shape index (κ3) is 2.48. The van der Waals surface area contributed by atoms with Crippen molar-refractivity contribution in [3.8, 4) is 28.8 Å². The molecular weight excluding hydrogens is 254 g/mol. The maximum atomic E-state index is 8.83. The smallest absolute Gasteiger partial charge is 0.297 e. The van der Waals surface area contributed by atoms with Crippen LogP contribution in [0.25, 0.3) is 22.8 Å². The maximum absolute atomic E-state index is 8.83. The van der Waals surface area contributed by atoms with Gasteiger partial charge < -0.3 is 0 Å². The fourth-order valence-corrected chi connectivity index (χ4v) is 1.83. The number of aromatic nitrogens is 3. The third-order valence-corrected chi connectivity index (χ3v) is 2.76. The van der Waals surface area contributed by atoms with E-state index in [-0.39, 0.29) is 6.01 Å². The second-order valence-electron chi connectivity index (χ2n) is 4.09. The summed E-state index contributed by atoms with van der Waals surface area (Å²) in [5.74, 6) is 0.895. The first kappa shape index (κ1) is 12.3. The number of hydrogen-bond donors (Lipinski definition) is 1. The molecule has 1 N–H and O–H groups in total. The summed E-state index contributed by atoms with van der Waals surface area (Å²) in [4.78, 5) is 16.7. The molecule has 0 amide bonds. The zero-order chi connectivity index (χ0) is 13.8. The molecule has 0 fully saturated rings. The highest BCUT2D eigenvalue weighted by Gasteiger charge is 2.10. The summed E-state index contributed by atoms with van der Waals surface area (Å²) >= 11 is 0. The first-order valence-corrected chi connectivity index (χ1v) is 6.05. The van der Waals surface area contributed by atoms with Crippen LogP contribution in [0.4, 0.5) is 0 Å². The summed E-state index contributed by atoms with van der Waals surface area (Å²) < 4.78 is 0. The molecule has 3 rings (SSSR count). The highest BCUT2D eigenvalue weighted by Crippen LogP contribution is 2.21. The minimum atomic E-state index is -0.127. The Kier molecular flexibility index (Phi) is 3.34. The molecule has 0 saturated heterocycles. The average Bonchev–Trinajstić information content (AvgIpc) is 2.56. The molecule has 3 aromatic rings. The molecule has 0 aliphatic rings. The van der Waals surface area contributed by atoms with Gasteiger partial charge in [-0.05, 0) is 0 Å². The van der Waals surface area contributed by atoms with Gasteiger partial charge in [0.2, 0.25) is 0 Å². The van der Waals surface area contributed by atoms with Crippen molar-refractivity contribution < 1.29 is 10.1 Å². The fraction of sp³-hybridized carbons (Fsp3) is 0. The summed E-state index contributed by atoms with van der Waals surface area (Å²) in [6, 6.07) is 18.8. The zero-order valence-electron chi connectivity index (χ0n) is 10.5. The molecule has 20 heavy (non-hydrogen) atoms. The maximum Gasteiger partial charge on any atom is 0.357 e. The molecule has 5 heteroatoms. The lowest BCUT2D eigenvalue weighted by atomic mass is 10.2. The van der Waals surface area contributed by atoms with Crippen LogP contribution in [0, 0.1) is 0 Å². The predicted molar refractivity (Wildman–Crippen MR) is 74.0 cm³/mol. The number of nitrogens with zero attached hydrogens (tertiary/aromatic N) is 3. The summed E-state index contributed by atoms with van der Waals surface area (Å²) in [5.41, 5.74) is 1.65. The van der Waals surface area contributed by atoms with Gasteiger partial charge in [-0.3, -0.25) is 4.89 Å². The summed E-state index contributed by atoms with van der Waals surface area (Å²) in [7, 11) is 0. The molecule has 98 valence electrons. The zero-order valence-corrected chi connectivity index (χ0v) is 10.5. The molecule has 0 spiro atoms. The van der Waals surface area contributed by atoms with E-state index in [1.165, 1.54) is 0 Å². The van der Waals surface area contributed by atoms with Crippen LogP contribution in [0.5, 0.6) is 6.01 Å². The number of benzene rings is 2. The Bertz CT molecular complexity index is 645. The van der Waals surface area contributed by atoms with E-state index in [1.807, 2.05) is 60.7 Å². The monoisotopic (exact) mass is 265 g/mol. The quantitative estimate of drug-likeness (QED) is 0.582. The average molecular weight is 265 g/mol. The fourth-order valence-electron chi connectivity index (χ4n) is 1.83. The van der Waals surface area contributed by atoms with E-state index >= 15 is 0 Å². The highest BCUT2D eigenvalue weighted by molar-refractivity contribution is 5.61. The normalized spacial score (nSPS) is 10.2. The minimum absolute atomic E-state index is 0.127. The van der Waals surface area contributed by atoms with Crippen LogP contribution in [-0.2, 0) is 0 Å². The molecule has 0 aliphatic carbocycles. The Balaban J connectivity index is 2.13. The van der Waals surface area contributed by atoms with E-state index in [2.05, 4.69) is 19.8 Å². The molecule has 0 unspecified atom stereocenters. The SMILES string of the molecule is OOc1nc(-c2ccccc2)nc(-c2ccccc2)n1. The lowest BCUT2D eigenvalue weighted by molar-refractivity contribution is -0.145. The van der Waals surface area contributed by atoms with Crippen molar-refractivity contribution in [2.75, 3.05) is 0 Å². The molecule has 5 nitrogen and oxygen atoms in total. The highest BCUT2D eigenvalue weighted by atomic mass is 17.1. The van der Waals surface area contributed by atoms with Crippen molar-refractivity contribution in [1.82, 2.24) is 15.0 Å². The van der Waals surface area contributed by atoms with Gasteiger partial charge in [0.05, 0.1) is 0 Å². The molecule has 0 radical (unpaired) electrons. The van der Waals surface area contributed by atoms with Crippen molar-refractivity contribution in [1.29, 1.82) is 0 Å². The van der Waals surface area contributed by atoms with Gasteiger partial charge in [-0.15, -0.1) is 0 Å². The Morgan fingerprint density at radius 3 is 1.50 bits per heavy atom. The standard InChI is InChI=1S/C15H11N3O2/c19-20-15-17-13(11-7-3-1-4-8-11)16-14(18-15)12-9-5-2-6-10-12/h1-10,19H. The largest absolute Gasteiger partial charge is 0.357 e. The first-order chi connectivity index (χ1) is 9.86. The second-order valence-corrected chi connectivity index (χ2v) is 4.09. The Hall–Kier alpha value is -2.79. The summed E-state index contributed by atoms with van der Waals surface area (Å²) in [5, 5.41) is 8.83. The van der Waals surface area contributed by atoms with Crippen LogP contribution in [0.15, 0.2) is 60.7 Å². The van der Waals surface area contributed by atoms with Crippen LogP contribution in [0.3, 0.4) is 0 Å². The molecule has 0 bridgehead atoms. The van der Waals surface area contributed by atoms with Gasteiger partial charge in [0, 0.05) is 11.1 Å². The molecular formula is C15H11N3O2. The van der Waals surface area contributed by atoms with Gasteiger partial charge in [0.15, 0.2) is 11.6 Å². The second kappa shape index (κ2) is 5.46. The third-order valence-electron chi connectivity index (χ3n) is 2.76. The van der Waals surface area contributed by atoms with E-state index in [0.717, 1.165) is 11.1 Å². The van der Waals surface area contributed by atoms with Gasteiger partial charge in [-0.2, -0.15) is 15.2 Å². The Morgan fingerprint density at radius 1 is 0.650 bits per heavy atom. The molecule has 1 heterocycles.